The van der Waals surface area contributed by atoms with E-state index in [1.807, 2.05) is 12.1 Å². The number of H-pyrrole nitrogens is 1. The second kappa shape index (κ2) is 6.85. The molecule has 0 radical (unpaired) electrons. The van der Waals surface area contributed by atoms with Crippen molar-refractivity contribution in [2.24, 2.45) is 0 Å². The lowest BCUT2D eigenvalue weighted by atomic mass is 10.1. The number of benzene rings is 1. The average molecular weight is 340 g/mol. The molecule has 2 aromatic rings. The van der Waals surface area contributed by atoms with Gasteiger partial charge in [-0.15, -0.1) is 0 Å². The molecule has 0 saturated heterocycles. The molecular weight excluding hydrogens is 325 g/mol. The maximum Gasteiger partial charge on any atom is 0.270 e. The van der Waals surface area contributed by atoms with Gasteiger partial charge in [0, 0.05) is 26.2 Å². The number of nitrogens with zero attached hydrogens (tertiary/aromatic N) is 1. The molecule has 2 amide bonds. The van der Waals surface area contributed by atoms with Crippen LogP contribution >= 0.6 is 23.2 Å². The van der Waals surface area contributed by atoms with Crippen LogP contribution in [0.25, 0.3) is 0 Å². The van der Waals surface area contributed by atoms with Crippen molar-refractivity contribution in [2.45, 2.75) is 6.54 Å². The summed E-state index contributed by atoms with van der Waals surface area (Å²) in [4.78, 5) is 28.0. The SMILES string of the molecule is CNC(=O)c1ccc(CN(C)C(=O)c2cc(Cl)c(Cl)[nH]2)cc1. The zero-order chi connectivity index (χ0) is 16.3. The summed E-state index contributed by atoms with van der Waals surface area (Å²) in [6, 6.07) is 8.55. The quantitative estimate of drug-likeness (QED) is 0.899. The summed E-state index contributed by atoms with van der Waals surface area (Å²) in [6.45, 7) is 0.404. The Balaban J connectivity index is 2.06. The first-order chi connectivity index (χ1) is 10.4. The van der Waals surface area contributed by atoms with Gasteiger partial charge < -0.3 is 15.2 Å². The highest BCUT2D eigenvalue weighted by Crippen LogP contribution is 2.22. The smallest absolute Gasteiger partial charge is 0.270 e. The van der Waals surface area contributed by atoms with Crippen LogP contribution in [0.2, 0.25) is 10.2 Å². The van der Waals surface area contributed by atoms with Gasteiger partial charge in [-0.1, -0.05) is 35.3 Å². The topological polar surface area (TPSA) is 65.2 Å². The first-order valence-electron chi connectivity index (χ1n) is 6.53. The second-order valence-electron chi connectivity index (χ2n) is 4.78. The third-order valence-corrected chi connectivity index (χ3v) is 3.86. The standard InChI is InChI=1S/C15H15Cl2N3O2/c1-18-14(21)10-5-3-9(4-6-10)8-20(2)15(22)12-7-11(16)13(17)19-12/h3-7,19H,8H2,1-2H3,(H,18,21). The number of hydrogen-bond acceptors (Lipinski definition) is 2. The third kappa shape index (κ3) is 3.61. The van der Waals surface area contributed by atoms with E-state index in [0.717, 1.165) is 5.56 Å². The Labute approximate surface area is 138 Å². The lowest BCUT2D eigenvalue weighted by Crippen LogP contribution is -2.26. The van der Waals surface area contributed by atoms with Gasteiger partial charge in [-0.05, 0) is 23.8 Å². The van der Waals surface area contributed by atoms with E-state index in [4.69, 9.17) is 23.2 Å². The van der Waals surface area contributed by atoms with Gasteiger partial charge >= 0.3 is 0 Å². The number of rotatable bonds is 4. The minimum Gasteiger partial charge on any atom is -0.355 e. The highest BCUT2D eigenvalue weighted by Gasteiger charge is 2.16. The van der Waals surface area contributed by atoms with Gasteiger partial charge in [0.25, 0.3) is 11.8 Å². The molecule has 0 aliphatic rings. The molecule has 1 heterocycles. The van der Waals surface area contributed by atoms with Gasteiger partial charge in [-0.25, -0.2) is 0 Å². The number of halogens is 2. The summed E-state index contributed by atoms with van der Waals surface area (Å²) in [6.07, 6.45) is 0. The third-order valence-electron chi connectivity index (χ3n) is 3.17. The van der Waals surface area contributed by atoms with E-state index in [0.29, 0.717) is 22.8 Å². The zero-order valence-electron chi connectivity index (χ0n) is 12.1. The van der Waals surface area contributed by atoms with Crippen LogP contribution in [-0.4, -0.2) is 35.8 Å². The van der Waals surface area contributed by atoms with Crippen molar-refractivity contribution in [2.75, 3.05) is 14.1 Å². The van der Waals surface area contributed by atoms with Gasteiger partial charge in [0.2, 0.25) is 0 Å². The van der Waals surface area contributed by atoms with Crippen LogP contribution < -0.4 is 5.32 Å². The maximum absolute atomic E-state index is 12.2. The Hall–Kier alpha value is -1.98. The summed E-state index contributed by atoms with van der Waals surface area (Å²) in [5.41, 5.74) is 1.81. The first kappa shape index (κ1) is 16.4. The minimum atomic E-state index is -0.218. The molecule has 5 nitrogen and oxygen atoms in total. The van der Waals surface area contributed by atoms with Crippen LogP contribution in [0.15, 0.2) is 30.3 Å². The molecule has 0 aliphatic carbocycles. The Kier molecular flexibility index (Phi) is 5.11. The molecule has 0 aliphatic heterocycles. The molecule has 1 aromatic carbocycles. The van der Waals surface area contributed by atoms with Crippen molar-refractivity contribution in [1.29, 1.82) is 0 Å². The highest BCUT2D eigenvalue weighted by molar-refractivity contribution is 6.41. The van der Waals surface area contributed by atoms with Crippen molar-refractivity contribution in [3.8, 4) is 0 Å². The van der Waals surface area contributed by atoms with Crippen LogP contribution in [0.5, 0.6) is 0 Å². The number of hydrogen-bond donors (Lipinski definition) is 2. The molecule has 22 heavy (non-hydrogen) atoms. The lowest BCUT2D eigenvalue weighted by molar-refractivity contribution is 0.0779. The minimum absolute atomic E-state index is 0.147. The van der Waals surface area contributed by atoms with E-state index in [-0.39, 0.29) is 17.0 Å². The Bertz CT molecular complexity index is 676. The highest BCUT2D eigenvalue weighted by atomic mass is 35.5. The molecular formula is C15H15Cl2N3O2. The van der Waals surface area contributed by atoms with Crippen molar-refractivity contribution >= 4 is 35.0 Å². The van der Waals surface area contributed by atoms with Crippen molar-refractivity contribution in [1.82, 2.24) is 15.2 Å². The number of carbonyl (C=O) groups is 2. The van der Waals surface area contributed by atoms with E-state index in [1.54, 1.807) is 26.2 Å². The predicted molar refractivity (Wildman–Crippen MR) is 86.4 cm³/mol. The van der Waals surface area contributed by atoms with E-state index in [1.165, 1.54) is 11.0 Å². The number of aromatic amines is 1. The zero-order valence-corrected chi connectivity index (χ0v) is 13.6. The number of aromatic nitrogens is 1. The van der Waals surface area contributed by atoms with Gasteiger partial charge in [0.05, 0.1) is 5.02 Å². The molecule has 0 atom stereocenters. The van der Waals surface area contributed by atoms with Crippen LogP contribution in [0.1, 0.15) is 26.4 Å². The van der Waals surface area contributed by atoms with Crippen LogP contribution in [-0.2, 0) is 6.54 Å². The Morgan fingerprint density at radius 1 is 1.23 bits per heavy atom. The summed E-state index contributed by atoms with van der Waals surface area (Å²) in [5, 5.41) is 3.11. The van der Waals surface area contributed by atoms with Crippen molar-refractivity contribution in [3.05, 3.63) is 57.3 Å². The van der Waals surface area contributed by atoms with Crippen LogP contribution in [0, 0.1) is 0 Å². The Morgan fingerprint density at radius 2 is 1.86 bits per heavy atom. The molecule has 0 spiro atoms. The lowest BCUT2D eigenvalue weighted by Gasteiger charge is -2.16. The largest absolute Gasteiger partial charge is 0.355 e. The Morgan fingerprint density at radius 3 is 2.36 bits per heavy atom. The molecule has 0 bridgehead atoms. The molecule has 1 aromatic heterocycles. The van der Waals surface area contributed by atoms with E-state index in [2.05, 4.69) is 10.3 Å². The summed E-state index contributed by atoms with van der Waals surface area (Å²) in [5.74, 6) is -0.365. The van der Waals surface area contributed by atoms with Gasteiger partial charge in [0.1, 0.15) is 10.8 Å². The molecule has 0 saturated carbocycles. The van der Waals surface area contributed by atoms with Crippen molar-refractivity contribution < 1.29 is 9.59 Å². The van der Waals surface area contributed by atoms with Crippen molar-refractivity contribution in [3.63, 3.8) is 0 Å². The normalized spacial score (nSPS) is 10.4. The van der Waals surface area contributed by atoms with E-state index < -0.39 is 0 Å². The van der Waals surface area contributed by atoms with Gasteiger partial charge in [-0.3, -0.25) is 9.59 Å². The van der Waals surface area contributed by atoms with Gasteiger partial charge in [0.15, 0.2) is 0 Å². The van der Waals surface area contributed by atoms with Crippen LogP contribution in [0.3, 0.4) is 0 Å². The monoisotopic (exact) mass is 339 g/mol. The number of nitrogens with one attached hydrogen (secondary N) is 2. The summed E-state index contributed by atoms with van der Waals surface area (Å²) < 4.78 is 0. The fourth-order valence-corrected chi connectivity index (χ4v) is 2.29. The fourth-order valence-electron chi connectivity index (χ4n) is 1.98. The predicted octanol–water partition coefficient (Wildman–Crippen LogP) is 2.95. The maximum atomic E-state index is 12.2. The fraction of sp³-hybridized carbons (Fsp3) is 0.200. The molecule has 2 rings (SSSR count). The summed E-state index contributed by atoms with van der Waals surface area (Å²) in [7, 11) is 3.26. The molecule has 7 heteroatoms. The van der Waals surface area contributed by atoms with E-state index in [9.17, 15) is 9.59 Å². The molecule has 0 fully saturated rings. The first-order valence-corrected chi connectivity index (χ1v) is 7.28. The second-order valence-corrected chi connectivity index (χ2v) is 5.57. The average Bonchev–Trinajstić information content (AvgIpc) is 2.85. The molecule has 116 valence electrons. The number of amides is 2. The number of carbonyl (C=O) groups excluding carboxylic acids is 2. The van der Waals surface area contributed by atoms with Gasteiger partial charge in [-0.2, -0.15) is 0 Å². The summed E-state index contributed by atoms with van der Waals surface area (Å²) >= 11 is 11.6. The molecule has 2 N–H and O–H groups in total. The van der Waals surface area contributed by atoms with E-state index >= 15 is 0 Å². The molecule has 0 unspecified atom stereocenters. The van der Waals surface area contributed by atoms with Crippen LogP contribution in [0.4, 0.5) is 0 Å².